The number of Topliss-reactive ketones (excluding diaryl/α,β-unsaturated/α-hetero) is 1. The van der Waals surface area contributed by atoms with Crippen molar-refractivity contribution < 1.29 is 9.90 Å². The van der Waals surface area contributed by atoms with Gasteiger partial charge in [-0.15, -0.1) is 11.8 Å². The highest BCUT2D eigenvalue weighted by molar-refractivity contribution is 7.99. The SMILES string of the molecule is C=C(CSc1nc(N2CCCC2)c2c(c1C#N)CCCC2)C(C(C)=O)=C(C)O. The van der Waals surface area contributed by atoms with Gasteiger partial charge in [0, 0.05) is 18.8 Å². The summed E-state index contributed by atoms with van der Waals surface area (Å²) in [7, 11) is 0. The van der Waals surface area contributed by atoms with Gasteiger partial charge >= 0.3 is 0 Å². The van der Waals surface area contributed by atoms with Crippen LogP contribution in [0.3, 0.4) is 0 Å². The van der Waals surface area contributed by atoms with E-state index in [0.717, 1.165) is 50.2 Å². The van der Waals surface area contributed by atoms with Gasteiger partial charge in [0.2, 0.25) is 0 Å². The van der Waals surface area contributed by atoms with Gasteiger partial charge in [0.05, 0.1) is 11.1 Å². The molecule has 6 heteroatoms. The lowest BCUT2D eigenvalue weighted by Gasteiger charge is -2.27. The molecule has 0 unspecified atom stereocenters. The summed E-state index contributed by atoms with van der Waals surface area (Å²) in [6.45, 7) is 8.93. The topological polar surface area (TPSA) is 77.2 Å². The molecule has 1 saturated heterocycles. The minimum Gasteiger partial charge on any atom is -0.512 e. The summed E-state index contributed by atoms with van der Waals surface area (Å²) in [5.74, 6) is 1.23. The number of anilines is 1. The third kappa shape index (κ3) is 4.10. The Balaban J connectivity index is 1.95. The van der Waals surface area contributed by atoms with Gasteiger partial charge < -0.3 is 10.0 Å². The second kappa shape index (κ2) is 8.83. The van der Waals surface area contributed by atoms with E-state index in [1.807, 2.05) is 0 Å². The van der Waals surface area contributed by atoms with Crippen LogP contribution in [0.15, 0.2) is 28.5 Å². The Morgan fingerprint density at radius 1 is 1.21 bits per heavy atom. The Morgan fingerprint density at radius 2 is 1.86 bits per heavy atom. The molecule has 2 aliphatic rings. The molecule has 0 bridgehead atoms. The zero-order valence-electron chi connectivity index (χ0n) is 16.7. The lowest BCUT2D eigenvalue weighted by molar-refractivity contribution is -0.113. The minimum absolute atomic E-state index is 0.0187. The third-order valence-corrected chi connectivity index (χ3v) is 6.49. The number of rotatable bonds is 6. The first-order valence-corrected chi connectivity index (χ1v) is 10.8. The molecule has 28 heavy (non-hydrogen) atoms. The molecule has 1 aliphatic carbocycles. The molecular weight excluding hydrogens is 370 g/mol. The van der Waals surface area contributed by atoms with Crippen LogP contribution < -0.4 is 4.90 Å². The van der Waals surface area contributed by atoms with E-state index in [9.17, 15) is 15.2 Å². The number of pyridine rings is 1. The van der Waals surface area contributed by atoms with E-state index in [4.69, 9.17) is 4.98 Å². The largest absolute Gasteiger partial charge is 0.512 e. The van der Waals surface area contributed by atoms with E-state index in [-0.39, 0.29) is 17.1 Å². The highest BCUT2D eigenvalue weighted by atomic mass is 32.2. The average molecular weight is 398 g/mol. The number of aliphatic hydroxyl groups is 1. The smallest absolute Gasteiger partial charge is 0.163 e. The zero-order valence-corrected chi connectivity index (χ0v) is 17.5. The summed E-state index contributed by atoms with van der Waals surface area (Å²) in [4.78, 5) is 19.1. The van der Waals surface area contributed by atoms with E-state index in [1.54, 1.807) is 0 Å². The minimum atomic E-state index is -0.206. The van der Waals surface area contributed by atoms with Gasteiger partial charge in [-0.25, -0.2) is 4.98 Å². The molecule has 0 amide bonds. The Kier molecular flexibility index (Phi) is 6.46. The van der Waals surface area contributed by atoms with Crippen molar-refractivity contribution in [3.05, 3.63) is 40.2 Å². The fourth-order valence-electron chi connectivity index (χ4n) is 4.17. The Hall–Kier alpha value is -2.26. The van der Waals surface area contributed by atoms with Crippen LogP contribution in [0.5, 0.6) is 0 Å². The summed E-state index contributed by atoms with van der Waals surface area (Å²) >= 11 is 1.43. The predicted octanol–water partition coefficient (Wildman–Crippen LogP) is 4.50. The fourth-order valence-corrected chi connectivity index (χ4v) is 5.09. The third-order valence-electron chi connectivity index (χ3n) is 5.43. The molecule has 5 nitrogen and oxygen atoms in total. The number of ketones is 1. The number of carbonyl (C=O) groups excluding carboxylic acids is 1. The van der Waals surface area contributed by atoms with Crippen molar-refractivity contribution in [2.24, 2.45) is 0 Å². The molecule has 3 rings (SSSR count). The van der Waals surface area contributed by atoms with Crippen LogP contribution in [0, 0.1) is 11.3 Å². The molecule has 0 saturated carbocycles. The molecule has 0 atom stereocenters. The van der Waals surface area contributed by atoms with E-state index < -0.39 is 0 Å². The van der Waals surface area contributed by atoms with Gasteiger partial charge in [-0.05, 0) is 69.1 Å². The summed E-state index contributed by atoms with van der Waals surface area (Å²) in [5, 5.41) is 20.4. The molecule has 1 fully saturated rings. The highest BCUT2D eigenvalue weighted by Gasteiger charge is 2.26. The molecule has 0 radical (unpaired) electrons. The normalized spacial score (nSPS) is 17.0. The van der Waals surface area contributed by atoms with Crippen LogP contribution in [0.1, 0.15) is 56.2 Å². The van der Waals surface area contributed by atoms with Crippen LogP contribution >= 0.6 is 11.8 Å². The lowest BCUT2D eigenvalue weighted by Crippen LogP contribution is -2.23. The molecule has 1 aromatic rings. The number of hydrogen-bond acceptors (Lipinski definition) is 6. The Bertz CT molecular complexity index is 873. The van der Waals surface area contributed by atoms with Gasteiger partial charge in [-0.2, -0.15) is 5.26 Å². The molecule has 0 spiro atoms. The summed E-state index contributed by atoms with van der Waals surface area (Å²) < 4.78 is 0. The van der Waals surface area contributed by atoms with Gasteiger partial charge in [0.15, 0.2) is 5.78 Å². The van der Waals surface area contributed by atoms with Crippen LogP contribution in [0.4, 0.5) is 5.82 Å². The van der Waals surface area contributed by atoms with Crippen molar-refractivity contribution in [3.8, 4) is 6.07 Å². The molecule has 2 heterocycles. The first kappa shape index (κ1) is 20.5. The second-order valence-electron chi connectivity index (χ2n) is 7.49. The summed E-state index contributed by atoms with van der Waals surface area (Å²) in [6.07, 6.45) is 6.51. The Morgan fingerprint density at radius 3 is 2.43 bits per heavy atom. The van der Waals surface area contributed by atoms with Crippen LogP contribution in [-0.2, 0) is 17.6 Å². The number of carbonyl (C=O) groups is 1. The van der Waals surface area contributed by atoms with Crippen molar-refractivity contribution >= 4 is 23.4 Å². The number of thioether (sulfide) groups is 1. The number of aliphatic hydroxyl groups excluding tert-OH is 1. The maximum atomic E-state index is 11.8. The summed E-state index contributed by atoms with van der Waals surface area (Å²) in [6, 6.07) is 2.38. The maximum Gasteiger partial charge on any atom is 0.163 e. The number of nitriles is 1. The summed E-state index contributed by atoms with van der Waals surface area (Å²) in [5.41, 5.74) is 3.90. The lowest BCUT2D eigenvalue weighted by atomic mass is 9.89. The maximum absolute atomic E-state index is 11.8. The molecule has 148 valence electrons. The second-order valence-corrected chi connectivity index (χ2v) is 8.46. The number of allylic oxidation sites excluding steroid dienone is 2. The average Bonchev–Trinajstić information content (AvgIpc) is 3.19. The highest BCUT2D eigenvalue weighted by Crippen LogP contribution is 2.37. The van der Waals surface area contributed by atoms with Crippen molar-refractivity contribution in [1.29, 1.82) is 5.26 Å². The van der Waals surface area contributed by atoms with Crippen LogP contribution in [0.2, 0.25) is 0 Å². The van der Waals surface area contributed by atoms with E-state index in [2.05, 4.69) is 17.5 Å². The first-order valence-electron chi connectivity index (χ1n) is 9.86. The van der Waals surface area contributed by atoms with Crippen molar-refractivity contribution in [1.82, 2.24) is 4.98 Å². The van der Waals surface area contributed by atoms with E-state index in [1.165, 1.54) is 44.0 Å². The first-order chi connectivity index (χ1) is 13.4. The van der Waals surface area contributed by atoms with Crippen molar-refractivity contribution in [2.45, 2.75) is 57.4 Å². The van der Waals surface area contributed by atoms with E-state index >= 15 is 0 Å². The van der Waals surface area contributed by atoms with Crippen LogP contribution in [-0.4, -0.2) is 34.7 Å². The predicted molar refractivity (Wildman–Crippen MR) is 113 cm³/mol. The van der Waals surface area contributed by atoms with E-state index in [0.29, 0.717) is 21.9 Å². The van der Waals surface area contributed by atoms with Gasteiger partial charge in [0.25, 0.3) is 0 Å². The molecule has 0 aromatic carbocycles. The zero-order chi connectivity index (χ0) is 20.3. The molecule has 1 aliphatic heterocycles. The monoisotopic (exact) mass is 397 g/mol. The molecular formula is C22H27N3O2S. The molecule has 1 N–H and O–H groups in total. The number of fused-ring (bicyclic) bond motifs is 1. The standard InChI is InChI=1S/C22H27N3O2S/c1-14(20(15(2)26)16(3)27)13-28-22-19(12-23)17-8-4-5-9-18(17)21(24-22)25-10-6-7-11-25/h26H,1,4-11,13H2,2-3H3. The van der Waals surface area contributed by atoms with Gasteiger partial charge in [-0.1, -0.05) is 6.58 Å². The number of nitrogens with zero attached hydrogens (tertiary/aromatic N) is 3. The van der Waals surface area contributed by atoms with Crippen molar-refractivity contribution in [2.75, 3.05) is 23.7 Å². The fraction of sp³-hybridized carbons (Fsp3) is 0.500. The molecule has 1 aromatic heterocycles. The van der Waals surface area contributed by atoms with Gasteiger partial charge in [0.1, 0.15) is 22.7 Å². The number of hydrogen-bond donors (Lipinski definition) is 1. The Labute approximate surface area is 171 Å². The van der Waals surface area contributed by atoms with Crippen LogP contribution in [0.25, 0.3) is 0 Å². The van der Waals surface area contributed by atoms with Crippen molar-refractivity contribution in [3.63, 3.8) is 0 Å². The quantitative estimate of drug-likeness (QED) is 0.330. The number of aromatic nitrogens is 1. The van der Waals surface area contributed by atoms with Gasteiger partial charge in [-0.3, -0.25) is 4.79 Å².